The van der Waals surface area contributed by atoms with Gasteiger partial charge in [-0.1, -0.05) is 18.2 Å². The van der Waals surface area contributed by atoms with Crippen LogP contribution >= 0.6 is 11.3 Å². The van der Waals surface area contributed by atoms with Crippen LogP contribution in [0.25, 0.3) is 11.0 Å². The molecule has 0 spiro atoms. The van der Waals surface area contributed by atoms with E-state index in [9.17, 15) is 4.79 Å². The van der Waals surface area contributed by atoms with E-state index in [-0.39, 0.29) is 5.91 Å². The number of thiophene rings is 1. The molecule has 0 aliphatic carbocycles. The molecule has 3 rings (SSSR count). The van der Waals surface area contributed by atoms with Gasteiger partial charge in [-0.2, -0.15) is 0 Å². The normalized spacial score (nSPS) is 10.9. The van der Waals surface area contributed by atoms with Gasteiger partial charge >= 0.3 is 0 Å². The van der Waals surface area contributed by atoms with Crippen molar-refractivity contribution in [2.24, 2.45) is 0 Å². The van der Waals surface area contributed by atoms with E-state index in [1.165, 1.54) is 4.88 Å². The van der Waals surface area contributed by atoms with E-state index < -0.39 is 0 Å². The molecule has 0 saturated heterocycles. The molecule has 4 nitrogen and oxygen atoms in total. The third-order valence-corrected chi connectivity index (χ3v) is 4.32. The summed E-state index contributed by atoms with van der Waals surface area (Å²) in [6, 6.07) is 12.1. The van der Waals surface area contributed by atoms with Gasteiger partial charge in [-0.25, -0.2) is 4.98 Å². The maximum absolute atomic E-state index is 11.9. The summed E-state index contributed by atoms with van der Waals surface area (Å²) in [5.74, 6) is 0.0873. The Morgan fingerprint density at radius 3 is 3.00 bits per heavy atom. The Balaban J connectivity index is 1.47. The van der Waals surface area contributed by atoms with Crippen molar-refractivity contribution in [2.75, 3.05) is 6.54 Å². The fourth-order valence-corrected chi connectivity index (χ4v) is 2.99. The van der Waals surface area contributed by atoms with Crippen LogP contribution in [-0.4, -0.2) is 22.0 Å². The number of para-hydroxylation sites is 2. The molecule has 21 heavy (non-hydrogen) atoms. The summed E-state index contributed by atoms with van der Waals surface area (Å²) in [4.78, 5) is 17.5. The zero-order chi connectivity index (χ0) is 14.5. The van der Waals surface area contributed by atoms with Gasteiger partial charge in [0.2, 0.25) is 5.91 Å². The van der Waals surface area contributed by atoms with E-state index in [0.717, 1.165) is 17.5 Å². The zero-order valence-electron chi connectivity index (χ0n) is 11.7. The molecule has 0 aliphatic rings. The largest absolute Gasteiger partial charge is 0.356 e. The minimum absolute atomic E-state index is 0.0873. The quantitative estimate of drug-likeness (QED) is 0.761. The fraction of sp³-hybridized carbons (Fsp3) is 0.250. The molecule has 0 bridgehead atoms. The molecule has 0 saturated carbocycles. The molecule has 0 aliphatic heterocycles. The lowest BCUT2D eigenvalue weighted by Gasteiger charge is -2.06. The summed E-state index contributed by atoms with van der Waals surface area (Å²) in [5, 5.41) is 5.02. The van der Waals surface area contributed by atoms with Crippen LogP contribution in [0.2, 0.25) is 0 Å². The number of nitrogens with one attached hydrogen (secondary N) is 1. The molecule has 1 N–H and O–H groups in total. The number of fused-ring (bicyclic) bond motifs is 1. The second-order valence-electron chi connectivity index (χ2n) is 4.86. The summed E-state index contributed by atoms with van der Waals surface area (Å²) in [6.45, 7) is 1.36. The Labute approximate surface area is 127 Å². The molecular formula is C16H17N3OS. The van der Waals surface area contributed by atoms with Gasteiger partial charge in [-0.15, -0.1) is 11.3 Å². The number of carbonyl (C=O) groups excluding carboxylic acids is 1. The van der Waals surface area contributed by atoms with Gasteiger partial charge in [0.1, 0.15) is 0 Å². The predicted molar refractivity (Wildman–Crippen MR) is 85.4 cm³/mol. The summed E-state index contributed by atoms with van der Waals surface area (Å²) in [7, 11) is 0. The smallest absolute Gasteiger partial charge is 0.221 e. The Morgan fingerprint density at radius 1 is 1.24 bits per heavy atom. The molecule has 0 fully saturated rings. The maximum atomic E-state index is 11.9. The van der Waals surface area contributed by atoms with Crippen LogP contribution < -0.4 is 5.32 Å². The van der Waals surface area contributed by atoms with Crippen LogP contribution in [0.3, 0.4) is 0 Å². The number of hydrogen-bond acceptors (Lipinski definition) is 3. The lowest BCUT2D eigenvalue weighted by atomic mass is 10.3. The molecule has 0 atom stereocenters. The number of nitrogens with zero attached hydrogens (tertiary/aromatic N) is 2. The van der Waals surface area contributed by atoms with Gasteiger partial charge in [0.25, 0.3) is 0 Å². The first-order valence-electron chi connectivity index (χ1n) is 7.02. The van der Waals surface area contributed by atoms with Crippen LogP contribution in [-0.2, 0) is 17.8 Å². The van der Waals surface area contributed by atoms with Crippen molar-refractivity contribution in [1.82, 2.24) is 14.9 Å². The fourth-order valence-electron chi connectivity index (χ4n) is 2.28. The number of hydrogen-bond donors (Lipinski definition) is 1. The Hall–Kier alpha value is -2.14. The maximum Gasteiger partial charge on any atom is 0.221 e. The van der Waals surface area contributed by atoms with Crippen molar-refractivity contribution >= 4 is 28.3 Å². The number of imidazole rings is 1. The molecule has 0 unspecified atom stereocenters. The highest BCUT2D eigenvalue weighted by Crippen LogP contribution is 2.12. The van der Waals surface area contributed by atoms with Crippen molar-refractivity contribution in [2.45, 2.75) is 19.4 Å². The lowest BCUT2D eigenvalue weighted by Crippen LogP contribution is -2.26. The molecule has 0 radical (unpaired) electrons. The van der Waals surface area contributed by atoms with Gasteiger partial charge in [0, 0.05) is 24.4 Å². The number of aryl methyl sites for hydroxylation is 1. The van der Waals surface area contributed by atoms with Crippen LogP contribution in [0.4, 0.5) is 0 Å². The molecule has 108 valence electrons. The van der Waals surface area contributed by atoms with Crippen molar-refractivity contribution in [3.8, 4) is 0 Å². The monoisotopic (exact) mass is 299 g/mol. The molecule has 5 heteroatoms. The van der Waals surface area contributed by atoms with Gasteiger partial charge in [-0.05, 0) is 30.0 Å². The first-order valence-corrected chi connectivity index (χ1v) is 7.90. The average Bonchev–Trinajstić information content (AvgIpc) is 3.14. The average molecular weight is 299 g/mol. The van der Waals surface area contributed by atoms with Crippen LogP contribution in [0.1, 0.15) is 11.3 Å². The number of aromatic nitrogens is 2. The van der Waals surface area contributed by atoms with Gasteiger partial charge in [0.05, 0.1) is 17.4 Å². The second-order valence-corrected chi connectivity index (χ2v) is 5.89. The third-order valence-electron chi connectivity index (χ3n) is 3.38. The Kier molecular flexibility index (Phi) is 4.31. The van der Waals surface area contributed by atoms with Crippen molar-refractivity contribution in [3.05, 3.63) is 53.0 Å². The first-order chi connectivity index (χ1) is 10.3. The van der Waals surface area contributed by atoms with Crippen molar-refractivity contribution in [1.29, 1.82) is 0 Å². The van der Waals surface area contributed by atoms with Gasteiger partial charge in [-0.3, -0.25) is 4.79 Å². The van der Waals surface area contributed by atoms with Crippen molar-refractivity contribution < 1.29 is 4.79 Å². The minimum atomic E-state index is 0.0873. The van der Waals surface area contributed by atoms with Crippen LogP contribution in [0, 0.1) is 0 Å². The SMILES string of the molecule is O=C(CCn1cnc2ccccc21)NCCc1cccs1. The number of benzene rings is 1. The van der Waals surface area contributed by atoms with E-state index in [4.69, 9.17) is 0 Å². The zero-order valence-corrected chi connectivity index (χ0v) is 12.5. The number of rotatable bonds is 6. The molecule has 1 aromatic carbocycles. The Bertz CT molecular complexity index is 718. The standard InChI is InChI=1S/C16H17N3OS/c20-16(17-9-7-13-4-3-11-21-13)8-10-19-12-18-14-5-1-2-6-15(14)19/h1-6,11-12H,7-10H2,(H,17,20). The van der Waals surface area contributed by atoms with E-state index >= 15 is 0 Å². The number of amides is 1. The summed E-state index contributed by atoms with van der Waals surface area (Å²) < 4.78 is 2.02. The molecule has 3 aromatic rings. The highest BCUT2D eigenvalue weighted by molar-refractivity contribution is 7.09. The van der Waals surface area contributed by atoms with E-state index in [2.05, 4.69) is 21.7 Å². The van der Waals surface area contributed by atoms with Gasteiger partial charge < -0.3 is 9.88 Å². The van der Waals surface area contributed by atoms with E-state index in [0.29, 0.717) is 19.5 Å². The topological polar surface area (TPSA) is 46.9 Å². The van der Waals surface area contributed by atoms with Crippen molar-refractivity contribution in [3.63, 3.8) is 0 Å². The summed E-state index contributed by atoms with van der Waals surface area (Å²) >= 11 is 1.72. The molecular weight excluding hydrogens is 282 g/mol. The van der Waals surface area contributed by atoms with E-state index in [1.54, 1.807) is 17.7 Å². The predicted octanol–water partition coefficient (Wildman–Crippen LogP) is 2.85. The minimum Gasteiger partial charge on any atom is -0.356 e. The van der Waals surface area contributed by atoms with Crippen LogP contribution in [0.15, 0.2) is 48.1 Å². The lowest BCUT2D eigenvalue weighted by molar-refractivity contribution is -0.121. The molecule has 2 aromatic heterocycles. The van der Waals surface area contributed by atoms with Gasteiger partial charge in [0.15, 0.2) is 0 Å². The molecule has 2 heterocycles. The Morgan fingerprint density at radius 2 is 2.14 bits per heavy atom. The first kappa shape index (κ1) is 13.8. The van der Waals surface area contributed by atoms with E-state index in [1.807, 2.05) is 34.9 Å². The summed E-state index contributed by atoms with van der Waals surface area (Å²) in [6.07, 6.45) is 3.17. The molecule has 1 amide bonds. The second kappa shape index (κ2) is 6.54. The highest BCUT2D eigenvalue weighted by Gasteiger charge is 2.05. The third kappa shape index (κ3) is 3.49. The highest BCUT2D eigenvalue weighted by atomic mass is 32.1. The summed E-state index contributed by atoms with van der Waals surface area (Å²) in [5.41, 5.74) is 2.04. The number of carbonyl (C=O) groups is 1. The van der Waals surface area contributed by atoms with Crippen LogP contribution in [0.5, 0.6) is 0 Å².